The van der Waals surface area contributed by atoms with E-state index in [-0.39, 0.29) is 0 Å². The maximum atomic E-state index is 2.86. The molecule has 0 nitrogen and oxygen atoms in total. The lowest BCUT2D eigenvalue weighted by Gasteiger charge is -2.60. The smallest absolute Gasteiger partial charge is 0.0168 e. The van der Waals surface area contributed by atoms with Gasteiger partial charge in [-0.15, -0.1) is 0 Å². The Morgan fingerprint density at radius 1 is 0.605 bits per heavy atom. The van der Waals surface area contributed by atoms with E-state index in [2.05, 4.69) is 39.8 Å². The topological polar surface area (TPSA) is 0 Å². The average Bonchev–Trinajstić information content (AvgIpc) is 3.13. The van der Waals surface area contributed by atoms with Crippen molar-refractivity contribution < 1.29 is 0 Å². The van der Waals surface area contributed by atoms with Gasteiger partial charge in [0.1, 0.15) is 0 Å². The van der Waals surface area contributed by atoms with E-state index in [1.54, 1.807) is 57.8 Å². The first-order valence-corrected chi connectivity index (χ1v) is 18.3. The number of hydrogen-bond acceptors (Lipinski definition) is 0. The lowest BCUT2D eigenvalue weighted by Crippen LogP contribution is -2.53. The van der Waals surface area contributed by atoms with Gasteiger partial charge in [-0.05, 0) is 129 Å². The maximum absolute atomic E-state index is 2.86. The minimum Gasteiger partial charge on any atom is -0.0882 e. The highest BCUT2D eigenvalue weighted by Crippen LogP contribution is 2.62. The van der Waals surface area contributed by atoms with Crippen molar-refractivity contribution in [3.05, 3.63) is 12.2 Å². The molecule has 218 valence electrons. The van der Waals surface area contributed by atoms with Gasteiger partial charge in [-0.2, -0.15) is 0 Å². The predicted octanol–water partition coefficient (Wildman–Crippen LogP) is 11.9. The van der Waals surface area contributed by atoms with Crippen molar-refractivity contribution in [2.75, 3.05) is 0 Å². The van der Waals surface area contributed by atoms with Crippen molar-refractivity contribution >= 4 is 0 Å². The fourth-order valence-corrected chi connectivity index (χ4v) is 12.0. The minimum atomic E-state index is 0.925. The van der Waals surface area contributed by atoms with E-state index in [0.717, 1.165) is 71.0 Å². The summed E-state index contributed by atoms with van der Waals surface area (Å²) in [5, 5.41) is 0. The summed E-state index contributed by atoms with van der Waals surface area (Å²) in [6, 6.07) is 0. The molecule has 0 aromatic heterocycles. The Kier molecular flexibility index (Phi) is 10.8. The van der Waals surface area contributed by atoms with Crippen molar-refractivity contribution in [2.45, 2.75) is 156 Å². The molecular formula is C38H66. The second kappa shape index (κ2) is 14.1. The Hall–Kier alpha value is -0.260. The Balaban J connectivity index is 1.43. The normalized spacial score (nSPS) is 45.7. The van der Waals surface area contributed by atoms with Crippen molar-refractivity contribution in [1.82, 2.24) is 0 Å². The fraction of sp³-hybridized carbons (Fsp3) is 0.947. The van der Waals surface area contributed by atoms with Crippen LogP contribution in [0.3, 0.4) is 0 Å². The van der Waals surface area contributed by atoms with Gasteiger partial charge in [0.2, 0.25) is 0 Å². The minimum absolute atomic E-state index is 0.925. The number of allylic oxidation sites excluding steroid dienone is 2. The Morgan fingerprint density at radius 2 is 1.39 bits per heavy atom. The molecule has 5 rings (SSSR count). The van der Waals surface area contributed by atoms with Gasteiger partial charge in [0.15, 0.2) is 0 Å². The Morgan fingerprint density at radius 3 is 2.16 bits per heavy atom. The first-order chi connectivity index (χ1) is 18.7. The molecule has 0 N–H and O–H groups in total. The summed E-state index contributed by atoms with van der Waals surface area (Å²) < 4.78 is 0. The summed E-state index contributed by atoms with van der Waals surface area (Å²) in [4.78, 5) is 0. The van der Waals surface area contributed by atoms with Gasteiger partial charge < -0.3 is 0 Å². The average molecular weight is 523 g/mol. The molecule has 4 saturated carbocycles. The summed E-state index contributed by atoms with van der Waals surface area (Å²) in [5.41, 5.74) is 0. The lowest BCUT2D eigenvalue weighted by molar-refractivity contribution is -0.0987. The largest absolute Gasteiger partial charge is 0.0882 e. The second-order valence-electron chi connectivity index (χ2n) is 15.5. The summed E-state index contributed by atoms with van der Waals surface area (Å²) in [6.07, 6.45) is 35.8. The van der Waals surface area contributed by atoms with Crippen molar-refractivity contribution in [2.24, 2.45) is 71.0 Å². The summed E-state index contributed by atoms with van der Waals surface area (Å²) in [7, 11) is 0. The molecule has 5 aliphatic carbocycles. The predicted molar refractivity (Wildman–Crippen MR) is 166 cm³/mol. The van der Waals surface area contributed by atoms with Gasteiger partial charge >= 0.3 is 0 Å². The zero-order valence-electron chi connectivity index (χ0n) is 26.2. The molecule has 0 radical (unpaired) electrons. The molecule has 0 spiro atoms. The van der Waals surface area contributed by atoms with Crippen LogP contribution in [0.2, 0.25) is 0 Å². The first-order valence-electron chi connectivity index (χ1n) is 18.3. The monoisotopic (exact) mass is 523 g/mol. The SMILES string of the molecule is CCCCCC1CC(C)CCCC1C1C2C=CCCC2C(C2CCC(CCC)C(CC)C2)C2CCCCC21. The van der Waals surface area contributed by atoms with E-state index in [1.807, 2.05) is 0 Å². The van der Waals surface area contributed by atoms with Crippen LogP contribution in [0.4, 0.5) is 0 Å². The molecule has 0 aromatic rings. The highest BCUT2D eigenvalue weighted by Gasteiger charge is 2.55. The van der Waals surface area contributed by atoms with Gasteiger partial charge in [-0.3, -0.25) is 0 Å². The van der Waals surface area contributed by atoms with E-state index in [4.69, 9.17) is 0 Å². The van der Waals surface area contributed by atoms with E-state index in [9.17, 15) is 0 Å². The second-order valence-corrected chi connectivity index (χ2v) is 15.5. The Bertz CT molecular complexity index is 720. The summed E-state index contributed by atoms with van der Waals surface area (Å²) in [6.45, 7) is 9.94. The van der Waals surface area contributed by atoms with Crippen molar-refractivity contribution in [1.29, 1.82) is 0 Å². The number of fused-ring (bicyclic) bond motifs is 2. The highest BCUT2D eigenvalue weighted by atomic mass is 14.6. The van der Waals surface area contributed by atoms with E-state index < -0.39 is 0 Å². The zero-order valence-corrected chi connectivity index (χ0v) is 26.2. The third-order valence-corrected chi connectivity index (χ3v) is 13.4. The van der Waals surface area contributed by atoms with Crippen LogP contribution in [0.15, 0.2) is 12.2 Å². The third kappa shape index (κ3) is 6.30. The number of hydrogen-bond donors (Lipinski definition) is 0. The molecule has 5 aliphatic rings. The first kappa shape index (κ1) is 29.2. The van der Waals surface area contributed by atoms with Crippen LogP contribution in [0.1, 0.15) is 156 Å². The van der Waals surface area contributed by atoms with Crippen LogP contribution in [0.25, 0.3) is 0 Å². The van der Waals surface area contributed by atoms with Gasteiger partial charge in [0.25, 0.3) is 0 Å². The van der Waals surface area contributed by atoms with Gasteiger partial charge in [0.05, 0.1) is 0 Å². The molecule has 12 unspecified atom stereocenters. The van der Waals surface area contributed by atoms with Crippen molar-refractivity contribution in [3.8, 4) is 0 Å². The van der Waals surface area contributed by atoms with Crippen LogP contribution in [-0.2, 0) is 0 Å². The third-order valence-electron chi connectivity index (χ3n) is 13.4. The van der Waals surface area contributed by atoms with Crippen LogP contribution in [0.5, 0.6) is 0 Å². The standard InChI is InChI=1S/C38H66/c1-5-8-9-17-30-25-27(4)16-14-22-32(30)38-35-20-12-10-18-33(35)37(34-19-11-13-21-36(34)38)31-24-23-29(15-6-2)28(7-3)26-31/h12,20,27-38H,5-11,13-19,21-26H2,1-4H3. The molecule has 0 saturated heterocycles. The molecule has 0 amide bonds. The van der Waals surface area contributed by atoms with Gasteiger partial charge in [0, 0.05) is 0 Å². The molecule has 0 aromatic carbocycles. The quantitative estimate of drug-likeness (QED) is 0.160. The molecule has 0 aliphatic heterocycles. The van der Waals surface area contributed by atoms with Crippen LogP contribution < -0.4 is 0 Å². The lowest BCUT2D eigenvalue weighted by atomic mass is 9.45. The molecule has 0 heteroatoms. The molecule has 38 heavy (non-hydrogen) atoms. The van der Waals surface area contributed by atoms with Crippen LogP contribution >= 0.6 is 0 Å². The Labute approximate surface area is 239 Å². The van der Waals surface area contributed by atoms with Crippen molar-refractivity contribution in [3.63, 3.8) is 0 Å². The molecule has 12 atom stereocenters. The fourth-order valence-electron chi connectivity index (χ4n) is 12.0. The van der Waals surface area contributed by atoms with E-state index in [1.165, 1.54) is 70.6 Å². The summed E-state index contributed by atoms with van der Waals surface area (Å²) in [5.74, 6) is 12.3. The van der Waals surface area contributed by atoms with E-state index in [0.29, 0.717) is 0 Å². The highest BCUT2D eigenvalue weighted by molar-refractivity contribution is 5.11. The van der Waals surface area contributed by atoms with E-state index >= 15 is 0 Å². The summed E-state index contributed by atoms with van der Waals surface area (Å²) >= 11 is 0. The number of unbranched alkanes of at least 4 members (excludes halogenated alkanes) is 2. The molecule has 4 fully saturated rings. The van der Waals surface area contributed by atoms with Gasteiger partial charge in [-0.1, -0.05) is 110 Å². The number of rotatable bonds is 9. The zero-order chi connectivity index (χ0) is 26.5. The van der Waals surface area contributed by atoms with Crippen LogP contribution in [0, 0.1) is 71.0 Å². The van der Waals surface area contributed by atoms with Crippen LogP contribution in [-0.4, -0.2) is 0 Å². The van der Waals surface area contributed by atoms with Gasteiger partial charge in [-0.25, -0.2) is 0 Å². The molecule has 0 bridgehead atoms. The molecule has 0 heterocycles. The maximum Gasteiger partial charge on any atom is -0.0168 e. The molecular weight excluding hydrogens is 456 g/mol.